The van der Waals surface area contributed by atoms with E-state index < -0.39 is 17.0 Å². The van der Waals surface area contributed by atoms with Crippen LogP contribution in [0, 0.1) is 0 Å². The van der Waals surface area contributed by atoms with Crippen molar-refractivity contribution in [3.05, 3.63) is 28.8 Å². The van der Waals surface area contributed by atoms with Crippen LogP contribution in [0.2, 0.25) is 5.02 Å². The molecule has 1 aromatic rings. The van der Waals surface area contributed by atoms with Crippen LogP contribution in [0.1, 0.15) is 10.4 Å². The van der Waals surface area contributed by atoms with E-state index in [1.807, 2.05) is 0 Å². The van der Waals surface area contributed by atoms with Gasteiger partial charge in [-0.15, -0.1) is 0 Å². The molecule has 1 rings (SSSR count). The average molecular weight is 265 g/mol. The molecule has 0 aromatic heterocycles. The Morgan fingerprint density at radius 3 is 2.27 bits per heavy atom. The Kier molecular flexibility index (Phi) is 10.1. The summed E-state index contributed by atoms with van der Waals surface area (Å²) in [5, 5.41) is 10.3. The molecule has 0 amide bonds. The molecule has 0 saturated carbocycles. The molecule has 0 saturated heterocycles. The molecule has 1 unspecified atom stereocenters. The molecule has 0 bridgehead atoms. The van der Waals surface area contributed by atoms with Gasteiger partial charge in [0.1, 0.15) is 0 Å². The van der Waals surface area contributed by atoms with Crippen LogP contribution < -0.4 is 64.2 Å². The van der Waals surface area contributed by atoms with Gasteiger partial charge in [0.25, 0.3) is 0 Å². The third-order valence-electron chi connectivity index (χ3n) is 1.35. The van der Waals surface area contributed by atoms with Crippen LogP contribution >= 0.6 is 11.6 Å². The van der Waals surface area contributed by atoms with Gasteiger partial charge in [-0.05, 0) is 28.8 Å². The predicted molar refractivity (Wildman–Crippen MR) is 43.0 cm³/mol. The molecule has 0 radical (unpaired) electrons. The summed E-state index contributed by atoms with van der Waals surface area (Å²) in [5.74, 6) is -1.44. The van der Waals surface area contributed by atoms with Crippen LogP contribution in [0.15, 0.2) is 23.1 Å². The number of benzene rings is 1. The van der Waals surface area contributed by atoms with Gasteiger partial charge in [0.05, 0.1) is 11.0 Å². The van der Waals surface area contributed by atoms with Crippen LogP contribution in [-0.2, 0) is 11.1 Å². The normalized spacial score (nSPS) is 10.8. The first-order valence-corrected chi connectivity index (χ1v) is 4.58. The molecule has 0 spiro atoms. The fraction of sp³-hybridized carbons (Fsp3) is 0. The summed E-state index contributed by atoms with van der Waals surface area (Å²) < 4.78 is 21.0. The smallest absolute Gasteiger partial charge is 0.768 e. The second-order valence-corrected chi connectivity index (χ2v) is 3.48. The van der Waals surface area contributed by atoms with Crippen LogP contribution in [0.3, 0.4) is 0 Å². The summed E-state index contributed by atoms with van der Waals surface area (Å²) in [4.78, 5) is 10.1. The van der Waals surface area contributed by atoms with Crippen molar-refractivity contribution in [1.82, 2.24) is 0 Å². The number of carbonyl (C=O) groups is 1. The molecular weight excluding hydrogens is 262 g/mol. The standard InChI is InChI=1S/C7H5ClO4S.2Na/c8-5-2-1-4(7(9)10)3-6(5)13(11)12;;/h1-3H,(H,9,10)(H,11,12);;/q;2*+1/p-2. The Hall–Kier alpha value is 1.09. The van der Waals surface area contributed by atoms with Gasteiger partial charge in [-0.2, -0.15) is 0 Å². The Morgan fingerprint density at radius 2 is 1.87 bits per heavy atom. The number of hydrogen-bond donors (Lipinski definition) is 0. The van der Waals surface area contributed by atoms with E-state index in [0.29, 0.717) is 0 Å². The number of rotatable bonds is 2. The topological polar surface area (TPSA) is 80.3 Å². The van der Waals surface area contributed by atoms with Gasteiger partial charge in [0, 0.05) is 4.90 Å². The molecule has 8 heteroatoms. The molecule has 0 heterocycles. The van der Waals surface area contributed by atoms with E-state index >= 15 is 0 Å². The minimum Gasteiger partial charge on any atom is -0.768 e. The first-order valence-electron chi connectivity index (χ1n) is 3.12. The van der Waals surface area contributed by atoms with E-state index in [9.17, 15) is 18.7 Å². The van der Waals surface area contributed by atoms with Gasteiger partial charge < -0.3 is 14.5 Å². The minimum absolute atomic E-state index is 0. The number of carbonyl (C=O) groups excluding carboxylic acids is 1. The van der Waals surface area contributed by atoms with Gasteiger partial charge in [-0.25, -0.2) is 0 Å². The largest absolute Gasteiger partial charge is 1.00 e. The third kappa shape index (κ3) is 5.30. The molecule has 1 atom stereocenters. The van der Waals surface area contributed by atoms with Gasteiger partial charge >= 0.3 is 59.1 Å². The van der Waals surface area contributed by atoms with Crippen molar-refractivity contribution in [3.8, 4) is 0 Å². The SMILES string of the molecule is O=C([O-])c1ccc(Cl)c(S(=O)[O-])c1.[Na+].[Na+]. The van der Waals surface area contributed by atoms with E-state index in [0.717, 1.165) is 6.07 Å². The molecule has 0 aliphatic carbocycles. The number of carboxylic acids is 1. The maximum atomic E-state index is 10.5. The summed E-state index contributed by atoms with van der Waals surface area (Å²) in [7, 11) is 0. The van der Waals surface area contributed by atoms with Gasteiger partial charge in [-0.1, -0.05) is 17.7 Å². The fourth-order valence-electron chi connectivity index (χ4n) is 0.758. The molecule has 0 aliphatic heterocycles. The molecule has 70 valence electrons. The van der Waals surface area contributed by atoms with E-state index in [2.05, 4.69) is 0 Å². The number of hydrogen-bond acceptors (Lipinski definition) is 4. The summed E-state index contributed by atoms with van der Waals surface area (Å²) >= 11 is 2.95. The maximum Gasteiger partial charge on any atom is 1.00 e. The molecule has 0 aliphatic rings. The van der Waals surface area contributed by atoms with Gasteiger partial charge in [-0.3, -0.25) is 4.21 Å². The third-order valence-corrected chi connectivity index (χ3v) is 2.48. The average Bonchev–Trinajstić information content (AvgIpc) is 2.04. The van der Waals surface area contributed by atoms with Crippen LogP contribution in [0.5, 0.6) is 0 Å². The second kappa shape index (κ2) is 8.22. The monoisotopic (exact) mass is 264 g/mol. The van der Waals surface area contributed by atoms with Gasteiger partial charge in [0.2, 0.25) is 0 Å². The second-order valence-electron chi connectivity index (χ2n) is 2.17. The van der Waals surface area contributed by atoms with E-state index in [4.69, 9.17) is 11.6 Å². The Balaban J connectivity index is 0. The maximum absolute atomic E-state index is 10.5. The summed E-state index contributed by atoms with van der Waals surface area (Å²) in [6, 6.07) is 3.31. The van der Waals surface area contributed by atoms with E-state index in [-0.39, 0.29) is 74.6 Å². The zero-order valence-corrected chi connectivity index (χ0v) is 13.7. The molecule has 4 nitrogen and oxygen atoms in total. The minimum atomic E-state index is -2.54. The number of carboxylic acid groups (broad SMARTS) is 1. The molecule has 15 heavy (non-hydrogen) atoms. The van der Waals surface area contributed by atoms with Crippen molar-refractivity contribution in [2.75, 3.05) is 0 Å². The van der Waals surface area contributed by atoms with Crippen molar-refractivity contribution >= 4 is 28.7 Å². The Bertz CT molecular complexity index is 385. The summed E-state index contributed by atoms with van der Waals surface area (Å²) in [5.41, 5.74) is -0.219. The zero-order valence-electron chi connectivity index (χ0n) is 8.15. The first kappa shape index (κ1) is 18.5. The summed E-state index contributed by atoms with van der Waals surface area (Å²) in [6.45, 7) is 0. The number of halogens is 1. The fourth-order valence-corrected chi connectivity index (χ4v) is 1.52. The van der Waals surface area contributed by atoms with E-state index in [1.165, 1.54) is 12.1 Å². The van der Waals surface area contributed by atoms with Crippen molar-refractivity contribution in [2.45, 2.75) is 4.90 Å². The van der Waals surface area contributed by atoms with Crippen LogP contribution in [-0.4, -0.2) is 14.7 Å². The quantitative estimate of drug-likeness (QED) is 0.393. The zero-order chi connectivity index (χ0) is 10.0. The van der Waals surface area contributed by atoms with Crippen molar-refractivity contribution < 1.29 is 77.8 Å². The van der Waals surface area contributed by atoms with Gasteiger partial charge in [0.15, 0.2) is 0 Å². The molecular formula is C7H3ClNa2O4S. The van der Waals surface area contributed by atoms with Crippen molar-refractivity contribution in [3.63, 3.8) is 0 Å². The molecule has 0 N–H and O–H groups in total. The Labute approximate surface area is 138 Å². The number of aromatic carboxylic acids is 1. The van der Waals surface area contributed by atoms with E-state index in [1.54, 1.807) is 0 Å². The molecule has 0 fully saturated rings. The van der Waals surface area contributed by atoms with Crippen LogP contribution in [0.25, 0.3) is 0 Å². The van der Waals surface area contributed by atoms with Crippen molar-refractivity contribution in [1.29, 1.82) is 0 Å². The van der Waals surface area contributed by atoms with Crippen molar-refractivity contribution in [2.24, 2.45) is 0 Å². The predicted octanol–water partition coefficient (Wildman–Crippen LogP) is -6.05. The summed E-state index contributed by atoms with van der Waals surface area (Å²) in [6.07, 6.45) is 0. The Morgan fingerprint density at radius 1 is 1.33 bits per heavy atom. The molecule has 1 aromatic carbocycles. The first-order chi connectivity index (χ1) is 6.02. The van der Waals surface area contributed by atoms with Crippen LogP contribution in [0.4, 0.5) is 0 Å².